The Morgan fingerprint density at radius 2 is 2.28 bits per heavy atom. The van der Waals surface area contributed by atoms with Gasteiger partial charge in [0.05, 0.1) is 24.1 Å². The molecule has 1 heterocycles. The van der Waals surface area contributed by atoms with Crippen LogP contribution in [0.15, 0.2) is 35.1 Å². The third kappa shape index (κ3) is 3.52. The first kappa shape index (κ1) is 14.1. The quantitative estimate of drug-likeness (QED) is 0.606. The predicted octanol–water partition coefficient (Wildman–Crippen LogP) is 2.99. The Bertz CT molecular complexity index is 490. The number of hydrogen-bond donors (Lipinski definition) is 0. The van der Waals surface area contributed by atoms with Crippen molar-refractivity contribution >= 4 is 11.7 Å². The lowest BCUT2D eigenvalue weighted by atomic mass is 10.2. The number of rotatable bonds is 4. The number of aliphatic imine (C=N–C) groups is 1. The maximum absolute atomic E-state index is 11.4. The zero-order chi connectivity index (χ0) is 13.5. The molecule has 0 aliphatic carbocycles. The van der Waals surface area contributed by atoms with E-state index < -0.39 is 0 Å². The Kier molecular flexibility index (Phi) is 5.24. The van der Waals surface area contributed by atoms with Crippen LogP contribution in [0.1, 0.15) is 43.2 Å². The van der Waals surface area contributed by atoms with E-state index in [2.05, 4.69) is 14.7 Å². The van der Waals surface area contributed by atoms with Gasteiger partial charge in [0.1, 0.15) is 0 Å². The van der Waals surface area contributed by atoms with Crippen molar-refractivity contribution in [3.05, 3.63) is 41.4 Å². The van der Waals surface area contributed by atoms with E-state index in [-0.39, 0.29) is 5.97 Å². The fourth-order valence-corrected chi connectivity index (χ4v) is 1.49. The summed E-state index contributed by atoms with van der Waals surface area (Å²) in [6.45, 7) is 5.88. The van der Waals surface area contributed by atoms with Crippen LogP contribution in [0.5, 0.6) is 0 Å². The average Bonchev–Trinajstić information content (AvgIpc) is 2.43. The molecule has 4 heteroatoms. The minimum absolute atomic E-state index is 0.367. The molecule has 0 aliphatic rings. The predicted molar refractivity (Wildman–Crippen MR) is 71.8 cm³/mol. The van der Waals surface area contributed by atoms with E-state index in [0.717, 1.165) is 17.8 Å². The molecule has 0 atom stereocenters. The molecule has 1 aromatic rings. The van der Waals surface area contributed by atoms with Crippen LogP contribution in [0.3, 0.4) is 0 Å². The van der Waals surface area contributed by atoms with Gasteiger partial charge in [-0.25, -0.2) is 4.79 Å². The van der Waals surface area contributed by atoms with Gasteiger partial charge >= 0.3 is 5.97 Å². The third-order valence-corrected chi connectivity index (χ3v) is 2.56. The number of hydrogen-bond acceptors (Lipinski definition) is 4. The third-order valence-electron chi connectivity index (χ3n) is 2.56. The second-order valence-electron chi connectivity index (χ2n) is 3.75. The molecule has 0 saturated carbocycles. The van der Waals surface area contributed by atoms with Crippen molar-refractivity contribution in [2.24, 2.45) is 4.99 Å². The van der Waals surface area contributed by atoms with Crippen LogP contribution in [0.4, 0.5) is 0 Å². The molecule has 18 heavy (non-hydrogen) atoms. The summed E-state index contributed by atoms with van der Waals surface area (Å²) in [6.07, 6.45) is 4.42. The van der Waals surface area contributed by atoms with Crippen molar-refractivity contribution in [1.29, 1.82) is 0 Å². The van der Waals surface area contributed by atoms with E-state index in [9.17, 15) is 4.79 Å². The van der Waals surface area contributed by atoms with Gasteiger partial charge in [-0.15, -0.1) is 0 Å². The number of pyridine rings is 1. The van der Waals surface area contributed by atoms with Crippen molar-refractivity contribution in [3.8, 4) is 0 Å². The number of carbonyl (C=O) groups excluding carboxylic acids is 1. The molecule has 0 unspecified atom stereocenters. The average molecular weight is 246 g/mol. The Morgan fingerprint density at radius 1 is 1.56 bits per heavy atom. The summed E-state index contributed by atoms with van der Waals surface area (Å²) >= 11 is 0. The first-order valence-electron chi connectivity index (χ1n) is 5.87. The number of methoxy groups -OCH3 is 1. The minimum Gasteiger partial charge on any atom is -0.465 e. The van der Waals surface area contributed by atoms with Crippen molar-refractivity contribution in [2.75, 3.05) is 7.11 Å². The Balaban J connectivity index is 3.07. The molecule has 96 valence electrons. The van der Waals surface area contributed by atoms with Crippen LogP contribution < -0.4 is 0 Å². The molecule has 0 spiro atoms. The first-order valence-corrected chi connectivity index (χ1v) is 5.87. The summed E-state index contributed by atoms with van der Waals surface area (Å²) < 4.78 is 4.68. The maximum atomic E-state index is 11.4. The van der Waals surface area contributed by atoms with Crippen LogP contribution in [0.25, 0.3) is 0 Å². The van der Waals surface area contributed by atoms with Crippen LogP contribution >= 0.6 is 0 Å². The van der Waals surface area contributed by atoms with E-state index in [1.54, 1.807) is 18.3 Å². The zero-order valence-corrected chi connectivity index (χ0v) is 11.2. The van der Waals surface area contributed by atoms with Crippen molar-refractivity contribution in [3.63, 3.8) is 0 Å². The van der Waals surface area contributed by atoms with Gasteiger partial charge < -0.3 is 4.74 Å². The molecule has 0 aliphatic heterocycles. The molecule has 0 saturated heterocycles. The smallest absolute Gasteiger partial charge is 0.337 e. The second kappa shape index (κ2) is 6.69. The van der Waals surface area contributed by atoms with Crippen molar-refractivity contribution in [1.82, 2.24) is 4.98 Å². The maximum Gasteiger partial charge on any atom is 0.337 e. The highest BCUT2D eigenvalue weighted by Crippen LogP contribution is 2.08. The van der Waals surface area contributed by atoms with Gasteiger partial charge in [0.25, 0.3) is 0 Å². The Labute approximate surface area is 107 Å². The standard InChI is InChI=1S/C14H18N2O2/c1-5-12(6-2)16-10(3)13-9-11(7-8-15-13)14(17)18-4/h5,7-9H,6H2,1-4H3/b12-5-,16-10?. The minimum atomic E-state index is -0.367. The summed E-state index contributed by atoms with van der Waals surface area (Å²) in [5.41, 5.74) is 2.95. The molecule has 1 aromatic heterocycles. The van der Waals surface area contributed by atoms with Crippen molar-refractivity contribution < 1.29 is 9.53 Å². The van der Waals surface area contributed by atoms with Gasteiger partial charge in [0, 0.05) is 11.9 Å². The second-order valence-corrected chi connectivity index (χ2v) is 3.75. The van der Waals surface area contributed by atoms with E-state index >= 15 is 0 Å². The van der Waals surface area contributed by atoms with E-state index in [1.165, 1.54) is 7.11 Å². The Morgan fingerprint density at radius 3 is 2.83 bits per heavy atom. The van der Waals surface area contributed by atoms with Gasteiger partial charge in [-0.05, 0) is 32.4 Å². The highest BCUT2D eigenvalue weighted by Gasteiger charge is 2.08. The van der Waals surface area contributed by atoms with Crippen LogP contribution in [-0.2, 0) is 4.74 Å². The number of aromatic nitrogens is 1. The molecule has 0 bridgehead atoms. The largest absolute Gasteiger partial charge is 0.465 e. The molecule has 1 rings (SSSR count). The van der Waals surface area contributed by atoms with Crippen LogP contribution in [0, 0.1) is 0 Å². The van der Waals surface area contributed by atoms with Gasteiger partial charge in [0.2, 0.25) is 0 Å². The molecular weight excluding hydrogens is 228 g/mol. The van der Waals surface area contributed by atoms with E-state index in [1.807, 2.05) is 26.8 Å². The number of ether oxygens (including phenoxy) is 1. The first-order chi connectivity index (χ1) is 8.62. The highest BCUT2D eigenvalue weighted by atomic mass is 16.5. The topological polar surface area (TPSA) is 51.5 Å². The Hall–Kier alpha value is -1.97. The summed E-state index contributed by atoms with van der Waals surface area (Å²) in [5, 5.41) is 0. The van der Waals surface area contributed by atoms with E-state index in [4.69, 9.17) is 0 Å². The van der Waals surface area contributed by atoms with Crippen molar-refractivity contribution in [2.45, 2.75) is 27.2 Å². The SMILES string of the molecule is C/C=C(/CC)N=C(C)c1cc(C(=O)OC)ccn1. The monoisotopic (exact) mass is 246 g/mol. The normalized spacial score (nSPS) is 12.4. The molecule has 4 nitrogen and oxygen atoms in total. The lowest BCUT2D eigenvalue weighted by Gasteiger charge is -2.04. The molecule has 0 aromatic carbocycles. The molecular formula is C14H18N2O2. The summed E-state index contributed by atoms with van der Waals surface area (Å²) in [5.74, 6) is -0.367. The summed E-state index contributed by atoms with van der Waals surface area (Å²) in [7, 11) is 1.36. The highest BCUT2D eigenvalue weighted by molar-refractivity contribution is 5.99. The van der Waals surface area contributed by atoms with Gasteiger partial charge in [0.15, 0.2) is 0 Å². The lowest BCUT2D eigenvalue weighted by molar-refractivity contribution is 0.0600. The molecule has 0 amide bonds. The lowest BCUT2D eigenvalue weighted by Crippen LogP contribution is -2.05. The number of carbonyl (C=O) groups is 1. The van der Waals surface area contributed by atoms with E-state index in [0.29, 0.717) is 11.3 Å². The van der Waals surface area contributed by atoms with Crippen LogP contribution in [0.2, 0.25) is 0 Å². The zero-order valence-electron chi connectivity index (χ0n) is 11.2. The van der Waals surface area contributed by atoms with Gasteiger partial charge in [-0.3, -0.25) is 9.98 Å². The molecule has 0 radical (unpaired) electrons. The summed E-state index contributed by atoms with van der Waals surface area (Å²) in [6, 6.07) is 3.31. The number of allylic oxidation sites excluding steroid dienone is 2. The molecule has 0 N–H and O–H groups in total. The fraction of sp³-hybridized carbons (Fsp3) is 0.357. The number of nitrogens with zero attached hydrogens (tertiary/aromatic N) is 2. The number of esters is 1. The fourth-order valence-electron chi connectivity index (χ4n) is 1.49. The van der Waals surface area contributed by atoms with Gasteiger partial charge in [-0.1, -0.05) is 13.0 Å². The summed E-state index contributed by atoms with van der Waals surface area (Å²) in [4.78, 5) is 20.1. The van der Waals surface area contributed by atoms with Gasteiger partial charge in [-0.2, -0.15) is 0 Å². The van der Waals surface area contributed by atoms with Crippen LogP contribution in [-0.4, -0.2) is 23.8 Å². The molecule has 0 fully saturated rings.